The molecule has 2 amide bonds. The first-order chi connectivity index (χ1) is 24.5. The first-order valence-corrected chi connectivity index (χ1v) is 17.9. The van der Waals surface area contributed by atoms with Crippen molar-refractivity contribution in [1.29, 1.82) is 0 Å². The number of amides is 2. The second-order valence-electron chi connectivity index (χ2n) is 11.5. The number of hydrogen-bond donors (Lipinski definition) is 2. The van der Waals surface area contributed by atoms with E-state index in [4.69, 9.17) is 9.47 Å². The number of aryl methyl sites for hydroxylation is 2. The number of unbranched alkanes of at least 4 members (excludes halogenated alkanes) is 1. The van der Waals surface area contributed by atoms with Crippen LogP contribution < -0.4 is 20.1 Å². The molecule has 0 spiro atoms. The molecular formula is C38H36N6O4S2. The predicted octanol–water partition coefficient (Wildman–Crippen LogP) is 7.48. The highest BCUT2D eigenvalue weighted by atomic mass is 32.1. The molecule has 0 unspecified atom stereocenters. The van der Waals surface area contributed by atoms with Crippen LogP contribution in [0.25, 0.3) is 0 Å². The van der Waals surface area contributed by atoms with Gasteiger partial charge >= 0.3 is 0 Å². The lowest BCUT2D eigenvalue weighted by molar-refractivity contribution is -0.116. The Morgan fingerprint density at radius 2 is 0.900 bits per heavy atom. The quantitative estimate of drug-likeness (QED) is 0.0936. The highest BCUT2D eigenvalue weighted by Crippen LogP contribution is 2.22. The van der Waals surface area contributed by atoms with Gasteiger partial charge < -0.3 is 20.1 Å². The number of nitrogens with one attached hydrogen (secondary N) is 2. The number of nitrogens with zero attached hydrogens (tertiary/aromatic N) is 4. The van der Waals surface area contributed by atoms with Gasteiger partial charge in [-0.1, -0.05) is 108 Å². The highest BCUT2D eigenvalue weighted by Gasteiger charge is 2.12. The van der Waals surface area contributed by atoms with Crippen molar-refractivity contribution in [3.8, 4) is 11.5 Å². The molecule has 0 saturated heterocycles. The second-order valence-corrected chi connectivity index (χ2v) is 13.6. The lowest BCUT2D eigenvalue weighted by atomic mass is 10.1. The third kappa shape index (κ3) is 11.0. The molecule has 254 valence electrons. The van der Waals surface area contributed by atoms with E-state index in [-0.39, 0.29) is 24.7 Å². The van der Waals surface area contributed by atoms with E-state index in [0.717, 1.165) is 69.5 Å². The molecule has 6 aromatic rings. The Hall–Kier alpha value is -5.46. The molecule has 0 aliphatic carbocycles. The van der Waals surface area contributed by atoms with Gasteiger partial charge in [0, 0.05) is 12.8 Å². The van der Waals surface area contributed by atoms with Crippen molar-refractivity contribution >= 4 is 44.8 Å². The summed E-state index contributed by atoms with van der Waals surface area (Å²) < 4.78 is 11.6. The molecular weight excluding hydrogens is 669 g/mol. The maximum atomic E-state index is 12.6. The second kappa shape index (κ2) is 17.8. The molecule has 2 N–H and O–H groups in total. The van der Waals surface area contributed by atoms with Crippen molar-refractivity contribution in [1.82, 2.24) is 20.4 Å². The van der Waals surface area contributed by atoms with Crippen molar-refractivity contribution in [2.45, 2.75) is 51.7 Å². The van der Waals surface area contributed by atoms with E-state index in [1.165, 1.54) is 22.7 Å². The normalized spacial score (nSPS) is 10.8. The van der Waals surface area contributed by atoms with Crippen LogP contribution in [0.1, 0.15) is 45.1 Å². The summed E-state index contributed by atoms with van der Waals surface area (Å²) in [6, 6.07) is 35.0. The molecule has 50 heavy (non-hydrogen) atoms. The van der Waals surface area contributed by atoms with Gasteiger partial charge in [0.15, 0.2) is 0 Å². The van der Waals surface area contributed by atoms with Gasteiger partial charge in [-0.15, -0.1) is 20.4 Å². The topological polar surface area (TPSA) is 128 Å². The van der Waals surface area contributed by atoms with E-state index in [1.54, 1.807) is 0 Å². The van der Waals surface area contributed by atoms with E-state index in [0.29, 0.717) is 23.5 Å². The van der Waals surface area contributed by atoms with E-state index in [9.17, 15) is 9.59 Å². The van der Waals surface area contributed by atoms with Crippen LogP contribution in [0.3, 0.4) is 0 Å². The summed E-state index contributed by atoms with van der Waals surface area (Å²) in [6.07, 6.45) is 3.72. The third-order valence-electron chi connectivity index (χ3n) is 7.53. The van der Waals surface area contributed by atoms with Gasteiger partial charge in [0.25, 0.3) is 0 Å². The maximum Gasteiger partial charge on any atom is 0.230 e. The largest absolute Gasteiger partial charge is 0.489 e. The fourth-order valence-electron chi connectivity index (χ4n) is 4.95. The number of rotatable bonds is 17. The van der Waals surface area contributed by atoms with Crippen LogP contribution in [0.4, 0.5) is 10.3 Å². The van der Waals surface area contributed by atoms with E-state index < -0.39 is 0 Å². The number of ether oxygens (including phenoxy) is 2. The van der Waals surface area contributed by atoms with Crippen LogP contribution in [-0.4, -0.2) is 32.2 Å². The molecule has 6 rings (SSSR count). The van der Waals surface area contributed by atoms with Gasteiger partial charge in [-0.2, -0.15) is 0 Å². The molecule has 0 radical (unpaired) electrons. The average molecular weight is 705 g/mol. The maximum absolute atomic E-state index is 12.6. The molecule has 0 fully saturated rings. The summed E-state index contributed by atoms with van der Waals surface area (Å²) in [4.78, 5) is 25.2. The zero-order chi connectivity index (χ0) is 34.4. The molecule has 4 aromatic carbocycles. The standard InChI is InChI=1S/C38H36N6O4S2/c45-33(23-27-15-19-31(20-16-27)47-25-29-9-3-1-4-10-29)39-37-43-41-35(49-37)13-7-8-14-36-42-44-38(50-36)40-34(46)24-28-17-21-32(22-18-28)48-26-30-11-5-2-6-12-30/h1-6,9-12,15-22H,7-8,13-14,23-26H2,(H,39,43,45)(H,40,44,46). The first-order valence-electron chi connectivity index (χ1n) is 16.3. The zero-order valence-corrected chi connectivity index (χ0v) is 28.9. The molecule has 0 saturated carbocycles. The lowest BCUT2D eigenvalue weighted by Gasteiger charge is -2.07. The van der Waals surface area contributed by atoms with Gasteiger partial charge in [0.05, 0.1) is 12.8 Å². The number of anilines is 2. The molecule has 2 aromatic heterocycles. The number of hydrogen-bond acceptors (Lipinski definition) is 10. The van der Waals surface area contributed by atoms with Gasteiger partial charge in [-0.3, -0.25) is 9.59 Å². The van der Waals surface area contributed by atoms with Crippen LogP contribution in [0.2, 0.25) is 0 Å². The van der Waals surface area contributed by atoms with Gasteiger partial charge in [-0.05, 0) is 59.4 Å². The predicted molar refractivity (Wildman–Crippen MR) is 196 cm³/mol. The summed E-state index contributed by atoms with van der Waals surface area (Å²) in [7, 11) is 0. The van der Waals surface area contributed by atoms with Crippen molar-refractivity contribution in [3.63, 3.8) is 0 Å². The number of aromatic nitrogens is 4. The third-order valence-corrected chi connectivity index (χ3v) is 9.33. The van der Waals surface area contributed by atoms with Crippen molar-refractivity contribution < 1.29 is 19.1 Å². The van der Waals surface area contributed by atoms with Crippen LogP contribution >= 0.6 is 22.7 Å². The van der Waals surface area contributed by atoms with Crippen LogP contribution in [-0.2, 0) is 48.5 Å². The van der Waals surface area contributed by atoms with Crippen molar-refractivity contribution in [2.75, 3.05) is 10.6 Å². The Morgan fingerprint density at radius 3 is 1.30 bits per heavy atom. The highest BCUT2D eigenvalue weighted by molar-refractivity contribution is 7.15. The molecule has 10 nitrogen and oxygen atoms in total. The summed E-state index contributed by atoms with van der Waals surface area (Å²) in [5, 5.41) is 25.2. The first kappa shape index (κ1) is 34.4. The minimum Gasteiger partial charge on any atom is -0.489 e. The minimum absolute atomic E-state index is 0.146. The molecule has 0 atom stereocenters. The zero-order valence-electron chi connectivity index (χ0n) is 27.3. The molecule has 0 aliphatic heterocycles. The Bertz CT molecular complexity index is 1810. The van der Waals surface area contributed by atoms with Crippen LogP contribution in [0, 0.1) is 0 Å². The number of carbonyl (C=O) groups is 2. The van der Waals surface area contributed by atoms with Crippen LogP contribution in [0.15, 0.2) is 109 Å². The Morgan fingerprint density at radius 1 is 0.500 bits per heavy atom. The minimum atomic E-state index is -0.146. The molecule has 0 aliphatic rings. The number of carbonyl (C=O) groups excluding carboxylic acids is 2. The van der Waals surface area contributed by atoms with E-state index >= 15 is 0 Å². The molecule has 2 heterocycles. The lowest BCUT2D eigenvalue weighted by Crippen LogP contribution is -2.14. The molecule has 0 bridgehead atoms. The summed E-state index contributed by atoms with van der Waals surface area (Å²) >= 11 is 2.77. The fourth-order valence-corrected chi connectivity index (χ4v) is 6.54. The van der Waals surface area contributed by atoms with E-state index in [2.05, 4.69) is 31.0 Å². The van der Waals surface area contributed by atoms with Gasteiger partial charge in [0.1, 0.15) is 34.7 Å². The Kier molecular flexibility index (Phi) is 12.2. The average Bonchev–Trinajstić information content (AvgIpc) is 3.79. The molecule has 12 heteroatoms. The van der Waals surface area contributed by atoms with Gasteiger partial charge in [-0.25, -0.2) is 0 Å². The SMILES string of the molecule is O=C(Cc1ccc(OCc2ccccc2)cc1)Nc1nnc(CCCCc2nnc(NC(=O)Cc3ccc(OCc4ccccc4)cc3)s2)s1. The van der Waals surface area contributed by atoms with Crippen LogP contribution in [0.5, 0.6) is 11.5 Å². The fraction of sp³-hybridized carbons (Fsp3) is 0.211. The van der Waals surface area contributed by atoms with Crippen molar-refractivity contribution in [2.24, 2.45) is 0 Å². The summed E-state index contributed by atoms with van der Waals surface area (Å²) in [5.41, 5.74) is 3.96. The summed E-state index contributed by atoms with van der Waals surface area (Å²) in [6.45, 7) is 0.987. The Labute approximate surface area is 298 Å². The summed E-state index contributed by atoms with van der Waals surface area (Å²) in [5.74, 6) is 1.22. The van der Waals surface area contributed by atoms with Crippen molar-refractivity contribution in [3.05, 3.63) is 141 Å². The Balaban J connectivity index is 0.853. The monoisotopic (exact) mass is 704 g/mol. The number of benzene rings is 4. The van der Waals surface area contributed by atoms with Gasteiger partial charge in [0.2, 0.25) is 22.1 Å². The smallest absolute Gasteiger partial charge is 0.230 e. The van der Waals surface area contributed by atoms with E-state index in [1.807, 2.05) is 109 Å².